The summed E-state index contributed by atoms with van der Waals surface area (Å²) in [5.41, 5.74) is 0.964. The van der Waals surface area contributed by atoms with Gasteiger partial charge in [-0.1, -0.05) is 29.3 Å². The molecular weight excluding hydrogens is 331 g/mol. The second kappa shape index (κ2) is 9.52. The van der Waals surface area contributed by atoms with Gasteiger partial charge in [0.15, 0.2) is 0 Å². The maximum atomic E-state index is 11.8. The first kappa shape index (κ1) is 18.6. The molecule has 2 N–H and O–H groups in total. The van der Waals surface area contributed by atoms with Crippen molar-refractivity contribution in [2.45, 2.75) is 25.7 Å². The molecule has 2 rings (SSSR count). The van der Waals surface area contributed by atoms with Gasteiger partial charge in [0.25, 0.3) is 0 Å². The molecule has 1 aliphatic rings. The van der Waals surface area contributed by atoms with Gasteiger partial charge in [-0.25, -0.2) is 0 Å². The number of halogens is 3. The van der Waals surface area contributed by atoms with Crippen LogP contribution in [0.2, 0.25) is 10.0 Å². The fraction of sp³-hybridized carbons (Fsp3) is 0.533. The van der Waals surface area contributed by atoms with E-state index in [-0.39, 0.29) is 18.3 Å². The third-order valence-electron chi connectivity index (χ3n) is 3.67. The molecule has 1 heterocycles. The number of carbonyl (C=O) groups excluding carboxylic acids is 1. The molecule has 21 heavy (non-hydrogen) atoms. The van der Waals surface area contributed by atoms with Crippen LogP contribution in [-0.2, 0) is 11.2 Å². The molecule has 0 saturated carbocycles. The molecular formula is C15H21Cl3N2O. The van der Waals surface area contributed by atoms with E-state index in [1.807, 2.05) is 6.07 Å². The lowest BCUT2D eigenvalue weighted by atomic mass is 10.1. The fourth-order valence-electron chi connectivity index (χ4n) is 2.44. The van der Waals surface area contributed by atoms with E-state index in [1.54, 1.807) is 12.1 Å². The Labute approximate surface area is 142 Å². The Hall–Kier alpha value is -0.480. The summed E-state index contributed by atoms with van der Waals surface area (Å²) in [6, 6.07) is 5.39. The van der Waals surface area contributed by atoms with Crippen molar-refractivity contribution in [2.75, 3.05) is 19.6 Å². The molecule has 1 atom stereocenters. The van der Waals surface area contributed by atoms with Gasteiger partial charge in [-0.05, 0) is 56.0 Å². The van der Waals surface area contributed by atoms with Crippen molar-refractivity contribution < 1.29 is 4.79 Å². The average Bonchev–Trinajstić information content (AvgIpc) is 2.91. The molecule has 0 bridgehead atoms. The van der Waals surface area contributed by atoms with Crippen LogP contribution in [0.25, 0.3) is 0 Å². The van der Waals surface area contributed by atoms with Crippen LogP contribution in [-0.4, -0.2) is 25.5 Å². The quantitative estimate of drug-likeness (QED) is 0.824. The maximum Gasteiger partial charge on any atom is 0.220 e. The standard InChI is InChI=1S/C15H20Cl2N2O.ClH/c16-13-3-1-12(14(17)9-13)2-4-15(20)19-8-6-11-5-7-18-10-11;/h1,3,9,11,18H,2,4-8,10H2,(H,19,20);1H. The van der Waals surface area contributed by atoms with Crippen LogP contribution >= 0.6 is 35.6 Å². The van der Waals surface area contributed by atoms with E-state index in [2.05, 4.69) is 10.6 Å². The van der Waals surface area contributed by atoms with Crippen LogP contribution in [0, 0.1) is 5.92 Å². The van der Waals surface area contributed by atoms with Gasteiger partial charge in [-0.3, -0.25) is 4.79 Å². The summed E-state index contributed by atoms with van der Waals surface area (Å²) in [7, 11) is 0. The minimum Gasteiger partial charge on any atom is -0.356 e. The number of carbonyl (C=O) groups is 1. The molecule has 1 aromatic rings. The summed E-state index contributed by atoms with van der Waals surface area (Å²) in [4.78, 5) is 11.8. The molecule has 0 radical (unpaired) electrons. The van der Waals surface area contributed by atoms with Gasteiger partial charge in [-0.2, -0.15) is 0 Å². The van der Waals surface area contributed by atoms with Gasteiger partial charge in [0.1, 0.15) is 0 Å². The van der Waals surface area contributed by atoms with Gasteiger partial charge in [0.2, 0.25) is 5.91 Å². The molecule has 3 nitrogen and oxygen atoms in total. The van der Waals surface area contributed by atoms with Crippen LogP contribution in [0.1, 0.15) is 24.8 Å². The third-order valence-corrected chi connectivity index (χ3v) is 4.26. The van der Waals surface area contributed by atoms with Gasteiger partial charge < -0.3 is 10.6 Å². The van der Waals surface area contributed by atoms with E-state index in [9.17, 15) is 4.79 Å². The first-order valence-electron chi connectivity index (χ1n) is 7.06. The van der Waals surface area contributed by atoms with Crippen LogP contribution in [0.3, 0.4) is 0 Å². The molecule has 118 valence electrons. The lowest BCUT2D eigenvalue weighted by molar-refractivity contribution is -0.121. The molecule has 1 unspecified atom stereocenters. The Morgan fingerprint density at radius 3 is 2.86 bits per heavy atom. The summed E-state index contributed by atoms with van der Waals surface area (Å²) in [5.74, 6) is 0.794. The highest BCUT2D eigenvalue weighted by Gasteiger charge is 2.14. The smallest absolute Gasteiger partial charge is 0.220 e. The number of aryl methyl sites for hydroxylation is 1. The predicted octanol–water partition coefficient (Wildman–Crippen LogP) is 3.46. The maximum absolute atomic E-state index is 11.8. The van der Waals surface area contributed by atoms with E-state index in [0.717, 1.165) is 31.6 Å². The predicted molar refractivity (Wildman–Crippen MR) is 90.6 cm³/mol. The van der Waals surface area contributed by atoms with E-state index in [4.69, 9.17) is 23.2 Å². The van der Waals surface area contributed by atoms with E-state index >= 15 is 0 Å². The van der Waals surface area contributed by atoms with Crippen LogP contribution in [0.4, 0.5) is 0 Å². The zero-order chi connectivity index (χ0) is 14.4. The highest BCUT2D eigenvalue weighted by molar-refractivity contribution is 6.35. The normalized spacial score (nSPS) is 17.3. The molecule has 6 heteroatoms. The lowest BCUT2D eigenvalue weighted by Crippen LogP contribution is -2.26. The van der Waals surface area contributed by atoms with E-state index < -0.39 is 0 Å². The van der Waals surface area contributed by atoms with Gasteiger partial charge in [0.05, 0.1) is 0 Å². The number of amides is 1. The Bertz CT molecular complexity index is 462. The molecule has 1 amide bonds. The molecule has 1 saturated heterocycles. The zero-order valence-corrected chi connectivity index (χ0v) is 14.2. The number of nitrogens with one attached hydrogen (secondary N) is 2. The highest BCUT2D eigenvalue weighted by atomic mass is 35.5. The summed E-state index contributed by atoms with van der Waals surface area (Å²) in [6.07, 6.45) is 3.38. The molecule has 1 aromatic carbocycles. The monoisotopic (exact) mass is 350 g/mol. The number of hydrogen-bond acceptors (Lipinski definition) is 2. The van der Waals surface area contributed by atoms with Gasteiger partial charge in [0, 0.05) is 23.0 Å². The first-order valence-corrected chi connectivity index (χ1v) is 7.82. The van der Waals surface area contributed by atoms with Crippen molar-refractivity contribution in [3.05, 3.63) is 33.8 Å². The van der Waals surface area contributed by atoms with Crippen LogP contribution < -0.4 is 10.6 Å². The van der Waals surface area contributed by atoms with E-state index in [0.29, 0.717) is 28.8 Å². The Kier molecular flexibility index (Phi) is 8.42. The molecule has 1 aliphatic heterocycles. The average molecular weight is 352 g/mol. The molecule has 0 spiro atoms. The number of rotatable bonds is 6. The summed E-state index contributed by atoms with van der Waals surface area (Å²) in [5, 5.41) is 7.55. The molecule has 1 fully saturated rings. The second-order valence-electron chi connectivity index (χ2n) is 5.23. The van der Waals surface area contributed by atoms with Crippen molar-refractivity contribution in [2.24, 2.45) is 5.92 Å². The largest absolute Gasteiger partial charge is 0.356 e. The molecule has 0 aliphatic carbocycles. The Balaban J connectivity index is 0.00000220. The zero-order valence-electron chi connectivity index (χ0n) is 11.8. The minimum atomic E-state index is 0. The van der Waals surface area contributed by atoms with Crippen LogP contribution in [0.5, 0.6) is 0 Å². The van der Waals surface area contributed by atoms with E-state index in [1.165, 1.54) is 6.42 Å². The first-order chi connectivity index (χ1) is 9.65. The number of hydrogen-bond donors (Lipinski definition) is 2. The second-order valence-corrected chi connectivity index (χ2v) is 6.08. The SMILES string of the molecule is Cl.O=C(CCc1ccc(Cl)cc1Cl)NCCC1CCNC1. The van der Waals surface area contributed by atoms with Crippen LogP contribution in [0.15, 0.2) is 18.2 Å². The third kappa shape index (κ3) is 6.43. The van der Waals surface area contributed by atoms with Crippen molar-refractivity contribution in [1.82, 2.24) is 10.6 Å². The lowest BCUT2D eigenvalue weighted by Gasteiger charge is -2.09. The van der Waals surface area contributed by atoms with Gasteiger partial charge >= 0.3 is 0 Å². The Morgan fingerprint density at radius 2 is 2.19 bits per heavy atom. The summed E-state index contributed by atoms with van der Waals surface area (Å²) < 4.78 is 0. The number of benzene rings is 1. The summed E-state index contributed by atoms with van der Waals surface area (Å²) in [6.45, 7) is 2.95. The summed E-state index contributed by atoms with van der Waals surface area (Å²) >= 11 is 11.9. The van der Waals surface area contributed by atoms with Crippen molar-refractivity contribution in [1.29, 1.82) is 0 Å². The highest BCUT2D eigenvalue weighted by Crippen LogP contribution is 2.22. The Morgan fingerprint density at radius 1 is 1.38 bits per heavy atom. The van der Waals surface area contributed by atoms with Crippen molar-refractivity contribution in [3.63, 3.8) is 0 Å². The van der Waals surface area contributed by atoms with Crippen molar-refractivity contribution >= 4 is 41.5 Å². The molecule has 0 aromatic heterocycles. The van der Waals surface area contributed by atoms with Gasteiger partial charge in [-0.15, -0.1) is 12.4 Å². The topological polar surface area (TPSA) is 41.1 Å². The fourth-order valence-corrected chi connectivity index (χ4v) is 2.94. The minimum absolute atomic E-state index is 0. The van der Waals surface area contributed by atoms with Crippen molar-refractivity contribution in [3.8, 4) is 0 Å².